The molecule has 0 aliphatic carbocycles. The van der Waals surface area contributed by atoms with Crippen LogP contribution in [0, 0.1) is 5.92 Å². The number of tetrazole rings is 1. The quantitative estimate of drug-likeness (QED) is 0.539. The number of amides is 2. The maximum Gasteiger partial charge on any atom is 0.352 e. The van der Waals surface area contributed by atoms with Crippen LogP contribution in [-0.4, -0.2) is 77.3 Å². The van der Waals surface area contributed by atoms with Crippen LogP contribution in [0.2, 0.25) is 0 Å². The number of nitrogens with zero attached hydrogens (tertiary/aromatic N) is 6. The van der Waals surface area contributed by atoms with Gasteiger partial charge in [0.05, 0.1) is 6.04 Å². The Balaban J connectivity index is 1.64. The Labute approximate surface area is 146 Å². The number of carboxylic acid groups (broad SMARTS) is 1. The number of carboxylic acids is 1. The molecule has 132 valence electrons. The highest BCUT2D eigenvalue weighted by Gasteiger charge is 2.63. The molecule has 1 aromatic heterocycles. The molecule has 3 aliphatic rings. The molecule has 11 heteroatoms. The van der Waals surface area contributed by atoms with Crippen molar-refractivity contribution >= 4 is 29.5 Å². The number of carbonyl (C=O) groups excluding carboxylic acids is 2. The highest BCUT2D eigenvalue weighted by atomic mass is 32.2. The van der Waals surface area contributed by atoms with Gasteiger partial charge < -0.3 is 10.0 Å². The zero-order chi connectivity index (χ0) is 17.9. The number of hydrogen-bond acceptors (Lipinski definition) is 7. The van der Waals surface area contributed by atoms with Gasteiger partial charge in [0.2, 0.25) is 11.1 Å². The highest BCUT2D eigenvalue weighted by molar-refractivity contribution is 7.99. The van der Waals surface area contributed by atoms with Crippen LogP contribution in [-0.2, 0) is 21.4 Å². The Morgan fingerprint density at radius 2 is 2.16 bits per heavy atom. The van der Waals surface area contributed by atoms with E-state index in [1.165, 1.54) is 28.3 Å². The lowest BCUT2D eigenvalue weighted by atomic mass is 9.78. The van der Waals surface area contributed by atoms with Crippen LogP contribution in [0.4, 0.5) is 0 Å². The predicted molar refractivity (Wildman–Crippen MR) is 84.1 cm³/mol. The molecule has 4 rings (SSSR count). The van der Waals surface area contributed by atoms with Crippen molar-refractivity contribution in [3.63, 3.8) is 0 Å². The number of hydrogen-bond donors (Lipinski definition) is 1. The molecule has 0 aromatic carbocycles. The summed E-state index contributed by atoms with van der Waals surface area (Å²) in [6, 6.07) is -0.797. The molecule has 3 atom stereocenters. The van der Waals surface area contributed by atoms with Gasteiger partial charge in [-0.25, -0.2) is 9.48 Å². The van der Waals surface area contributed by atoms with E-state index in [1.54, 1.807) is 11.9 Å². The minimum Gasteiger partial charge on any atom is -0.477 e. The van der Waals surface area contributed by atoms with Crippen LogP contribution >= 0.6 is 11.8 Å². The monoisotopic (exact) mass is 364 g/mol. The van der Waals surface area contributed by atoms with Gasteiger partial charge in [-0.2, -0.15) is 0 Å². The van der Waals surface area contributed by atoms with E-state index < -0.39 is 12.0 Å². The van der Waals surface area contributed by atoms with Crippen molar-refractivity contribution in [2.45, 2.75) is 30.6 Å². The number of rotatable bonds is 4. The third-order valence-corrected chi connectivity index (χ3v) is 6.14. The zero-order valence-corrected chi connectivity index (χ0v) is 14.4. The number of likely N-dealkylation sites (tertiary alicyclic amines) is 1. The minimum atomic E-state index is -1.11. The maximum absolute atomic E-state index is 12.5. The fourth-order valence-corrected chi connectivity index (χ4v) is 4.98. The standard InChI is InChI=1S/C14H16N6O4S/c1-6(21)19-4-3-7-8(5-25-14-15-16-17-18(14)2)10(13(23)24)20-9(7)11(19)12(20)22/h7,9,11H,3-5H2,1-2H3,(H,23,24)/t7?,9-,11+/m1/s1. The molecule has 1 N–H and O–H groups in total. The summed E-state index contributed by atoms with van der Waals surface area (Å²) in [6.45, 7) is 1.90. The molecule has 0 radical (unpaired) electrons. The normalized spacial score (nSPS) is 27.4. The van der Waals surface area contributed by atoms with Gasteiger partial charge in [-0.3, -0.25) is 14.5 Å². The molecule has 0 saturated carbocycles. The van der Waals surface area contributed by atoms with Crippen LogP contribution in [0.15, 0.2) is 16.4 Å². The summed E-state index contributed by atoms with van der Waals surface area (Å²) in [5, 5.41) is 21.4. The largest absolute Gasteiger partial charge is 0.477 e. The number of thioether (sulfide) groups is 1. The van der Waals surface area contributed by atoms with Crippen molar-refractivity contribution in [3.05, 3.63) is 11.3 Å². The molecule has 4 heterocycles. The van der Waals surface area contributed by atoms with Crippen LogP contribution in [0.1, 0.15) is 13.3 Å². The number of aliphatic carboxylic acids is 1. The van der Waals surface area contributed by atoms with Gasteiger partial charge in [0.25, 0.3) is 5.91 Å². The smallest absolute Gasteiger partial charge is 0.352 e. The van der Waals surface area contributed by atoms with Gasteiger partial charge in [-0.1, -0.05) is 11.8 Å². The van der Waals surface area contributed by atoms with E-state index in [4.69, 9.17) is 0 Å². The number of aromatic nitrogens is 4. The minimum absolute atomic E-state index is 0.0434. The molecule has 3 aliphatic heterocycles. The average Bonchev–Trinajstić information content (AvgIpc) is 3.11. The number of aryl methyl sites for hydroxylation is 1. The van der Waals surface area contributed by atoms with Crippen molar-refractivity contribution in [3.8, 4) is 0 Å². The van der Waals surface area contributed by atoms with Crippen LogP contribution in [0.25, 0.3) is 0 Å². The van der Waals surface area contributed by atoms with Gasteiger partial charge in [-0.05, 0) is 22.4 Å². The second kappa shape index (κ2) is 5.55. The first kappa shape index (κ1) is 16.1. The Kier molecular flexibility index (Phi) is 3.56. The maximum atomic E-state index is 12.5. The van der Waals surface area contributed by atoms with E-state index >= 15 is 0 Å². The van der Waals surface area contributed by atoms with E-state index in [9.17, 15) is 19.5 Å². The zero-order valence-electron chi connectivity index (χ0n) is 13.6. The molecular weight excluding hydrogens is 348 g/mol. The third kappa shape index (κ3) is 2.18. The molecule has 2 saturated heterocycles. The second-order valence-electron chi connectivity index (χ2n) is 6.30. The van der Waals surface area contributed by atoms with Crippen molar-refractivity contribution in [2.75, 3.05) is 12.3 Å². The summed E-state index contributed by atoms with van der Waals surface area (Å²) in [6.07, 6.45) is 0.647. The highest BCUT2D eigenvalue weighted by Crippen LogP contribution is 2.49. The number of β-lactam (4-membered cyclic amide) rings is 1. The Hall–Kier alpha value is -2.43. The van der Waals surface area contributed by atoms with Crippen LogP contribution in [0.3, 0.4) is 0 Å². The van der Waals surface area contributed by atoms with Crippen molar-refractivity contribution < 1.29 is 19.5 Å². The molecule has 10 nitrogen and oxygen atoms in total. The fraction of sp³-hybridized carbons (Fsp3) is 0.571. The SMILES string of the molecule is CC(=O)N1CCC2C(CSc3nnnn3C)=C(C(=O)O)N3C(=O)[C@@H]1[C@@H]23. The van der Waals surface area contributed by atoms with E-state index in [0.29, 0.717) is 23.9 Å². The van der Waals surface area contributed by atoms with Crippen molar-refractivity contribution in [1.29, 1.82) is 0 Å². The molecule has 2 fully saturated rings. The average molecular weight is 364 g/mol. The van der Waals surface area contributed by atoms with Crippen molar-refractivity contribution in [1.82, 2.24) is 30.0 Å². The first-order valence-corrected chi connectivity index (χ1v) is 8.82. The van der Waals surface area contributed by atoms with Gasteiger partial charge in [0, 0.05) is 32.2 Å². The number of carbonyl (C=O) groups is 3. The second-order valence-corrected chi connectivity index (χ2v) is 7.25. The topological polar surface area (TPSA) is 122 Å². The molecule has 25 heavy (non-hydrogen) atoms. The lowest BCUT2D eigenvalue weighted by molar-refractivity contribution is -0.168. The molecule has 0 bridgehead atoms. The first-order valence-electron chi connectivity index (χ1n) is 7.83. The van der Waals surface area contributed by atoms with Gasteiger partial charge in [0.1, 0.15) is 11.7 Å². The predicted octanol–water partition coefficient (Wildman–Crippen LogP) is -0.898. The molecule has 1 aromatic rings. The van der Waals surface area contributed by atoms with Gasteiger partial charge >= 0.3 is 5.97 Å². The molecular formula is C14H16N6O4S. The van der Waals surface area contributed by atoms with E-state index in [-0.39, 0.29) is 29.5 Å². The van der Waals surface area contributed by atoms with E-state index in [0.717, 1.165) is 5.57 Å². The Morgan fingerprint density at radius 3 is 2.76 bits per heavy atom. The third-order valence-electron chi connectivity index (χ3n) is 5.08. The fourth-order valence-electron chi connectivity index (χ4n) is 4.03. The van der Waals surface area contributed by atoms with Gasteiger partial charge in [-0.15, -0.1) is 5.10 Å². The summed E-state index contributed by atoms with van der Waals surface area (Å²) >= 11 is 1.34. The van der Waals surface area contributed by atoms with Gasteiger partial charge in [0.15, 0.2) is 0 Å². The Bertz CT molecular complexity index is 820. The first-order chi connectivity index (χ1) is 11.9. The number of piperidine rings is 1. The lowest BCUT2D eigenvalue weighted by Gasteiger charge is -2.53. The van der Waals surface area contributed by atoms with E-state index in [1.807, 2.05) is 0 Å². The Morgan fingerprint density at radius 1 is 1.40 bits per heavy atom. The molecule has 1 unspecified atom stereocenters. The van der Waals surface area contributed by atoms with Crippen molar-refractivity contribution in [2.24, 2.45) is 13.0 Å². The van der Waals surface area contributed by atoms with Crippen LogP contribution in [0.5, 0.6) is 0 Å². The van der Waals surface area contributed by atoms with E-state index in [2.05, 4.69) is 15.5 Å². The summed E-state index contributed by atoms with van der Waals surface area (Å²) in [5.41, 5.74) is 0.786. The summed E-state index contributed by atoms with van der Waals surface area (Å²) in [5.74, 6) is -1.21. The summed E-state index contributed by atoms with van der Waals surface area (Å²) < 4.78 is 1.52. The summed E-state index contributed by atoms with van der Waals surface area (Å²) in [4.78, 5) is 39.0. The lowest BCUT2D eigenvalue weighted by Crippen LogP contribution is -2.73. The van der Waals surface area contributed by atoms with Crippen LogP contribution < -0.4 is 0 Å². The summed E-state index contributed by atoms with van der Waals surface area (Å²) in [7, 11) is 1.71. The molecule has 0 spiro atoms. The molecule has 2 amide bonds.